The molecule has 0 radical (unpaired) electrons. The molecule has 2 heteroatoms. The Morgan fingerprint density at radius 3 is 2.58 bits per heavy atom. The molecule has 0 aliphatic heterocycles. The maximum absolute atomic E-state index is 3.80. The minimum Gasteiger partial charge on any atom is -0.307 e. The van der Waals surface area contributed by atoms with E-state index in [9.17, 15) is 0 Å². The third-order valence-electron chi connectivity index (χ3n) is 4.86. The second-order valence-corrected chi connectivity index (χ2v) is 7.00. The van der Waals surface area contributed by atoms with Crippen molar-refractivity contribution in [1.82, 2.24) is 5.32 Å². The Morgan fingerprint density at radius 2 is 1.95 bits per heavy atom. The van der Waals surface area contributed by atoms with Gasteiger partial charge in [0.1, 0.15) is 0 Å². The van der Waals surface area contributed by atoms with Crippen molar-refractivity contribution in [2.24, 2.45) is 17.8 Å². The smallest absolute Gasteiger partial charge is 0.0305 e. The van der Waals surface area contributed by atoms with Gasteiger partial charge < -0.3 is 5.32 Å². The maximum atomic E-state index is 3.80. The van der Waals surface area contributed by atoms with E-state index >= 15 is 0 Å². The van der Waals surface area contributed by atoms with Crippen molar-refractivity contribution in [1.29, 1.82) is 0 Å². The van der Waals surface area contributed by atoms with Crippen molar-refractivity contribution < 1.29 is 0 Å². The van der Waals surface area contributed by atoms with Gasteiger partial charge in [-0.05, 0) is 56.1 Å². The van der Waals surface area contributed by atoms with Crippen LogP contribution >= 0.6 is 15.9 Å². The molecule has 1 aromatic rings. The average molecular weight is 320 g/mol. The molecule has 1 aromatic carbocycles. The second-order valence-electron chi connectivity index (χ2n) is 6.14. The molecule has 0 spiro atoms. The molecule has 3 rings (SSSR count). The fourth-order valence-corrected chi connectivity index (χ4v) is 4.46. The van der Waals surface area contributed by atoms with Gasteiger partial charge >= 0.3 is 0 Å². The molecule has 2 aliphatic carbocycles. The summed E-state index contributed by atoms with van der Waals surface area (Å²) in [5.41, 5.74) is 1.35. The van der Waals surface area contributed by atoms with Crippen molar-refractivity contribution in [2.45, 2.75) is 38.8 Å². The predicted molar refractivity (Wildman–Crippen MR) is 84.0 cm³/mol. The van der Waals surface area contributed by atoms with Crippen LogP contribution in [-0.4, -0.2) is 6.04 Å². The summed E-state index contributed by atoms with van der Waals surface area (Å²) in [5.74, 6) is 2.50. The highest BCUT2D eigenvalue weighted by Crippen LogP contribution is 2.45. The molecule has 1 nitrogen and oxygen atoms in total. The summed E-state index contributed by atoms with van der Waals surface area (Å²) in [6.45, 7) is 4.62. The first-order valence-corrected chi connectivity index (χ1v) is 8.13. The number of hydrogen-bond acceptors (Lipinski definition) is 1. The van der Waals surface area contributed by atoms with Crippen LogP contribution in [0, 0.1) is 17.8 Å². The lowest BCUT2D eigenvalue weighted by atomic mass is 9.87. The van der Waals surface area contributed by atoms with Crippen molar-refractivity contribution in [3.63, 3.8) is 0 Å². The molecule has 2 bridgehead atoms. The molecule has 1 N–H and O–H groups in total. The lowest BCUT2D eigenvalue weighted by molar-refractivity contribution is 0.307. The van der Waals surface area contributed by atoms with Crippen LogP contribution < -0.4 is 5.32 Å². The van der Waals surface area contributed by atoms with Crippen molar-refractivity contribution in [3.8, 4) is 0 Å². The largest absolute Gasteiger partial charge is 0.307 e. The monoisotopic (exact) mass is 319 g/mol. The van der Waals surface area contributed by atoms with Gasteiger partial charge in [-0.25, -0.2) is 0 Å². The summed E-state index contributed by atoms with van der Waals surface area (Å²) in [6.07, 6.45) is 7.63. The van der Waals surface area contributed by atoms with Gasteiger partial charge in [0.05, 0.1) is 0 Å². The van der Waals surface area contributed by atoms with Crippen LogP contribution in [0.5, 0.6) is 0 Å². The highest BCUT2D eigenvalue weighted by Gasteiger charge is 2.38. The molecule has 5 atom stereocenters. The fourth-order valence-electron chi connectivity index (χ4n) is 3.83. The molecule has 19 heavy (non-hydrogen) atoms. The van der Waals surface area contributed by atoms with Crippen LogP contribution in [0.25, 0.3) is 0 Å². The first-order valence-electron chi connectivity index (χ1n) is 7.34. The quantitative estimate of drug-likeness (QED) is 0.793. The Kier molecular flexibility index (Phi) is 3.81. The zero-order valence-corrected chi connectivity index (χ0v) is 13.2. The van der Waals surface area contributed by atoms with E-state index < -0.39 is 0 Å². The summed E-state index contributed by atoms with van der Waals surface area (Å²) in [6, 6.07) is 9.50. The standard InChI is InChI=1S/C17H22BrN/c1-11(15-5-3-4-6-17(15)18)19-12(2)16-10-13-7-8-14(16)9-13/h3-8,11-14,16,19H,9-10H2,1-2H3/t11-,12?,13?,14?,16?/m1/s1. The normalized spacial score (nSPS) is 31.6. The van der Waals surface area contributed by atoms with Gasteiger partial charge in [-0.1, -0.05) is 46.3 Å². The summed E-state index contributed by atoms with van der Waals surface area (Å²) in [7, 11) is 0. The molecular formula is C17H22BrN. The topological polar surface area (TPSA) is 12.0 Å². The average Bonchev–Trinajstić information content (AvgIpc) is 3.01. The Morgan fingerprint density at radius 1 is 1.16 bits per heavy atom. The minimum atomic E-state index is 0.397. The van der Waals surface area contributed by atoms with E-state index in [1.807, 2.05) is 0 Å². The van der Waals surface area contributed by atoms with E-state index in [1.165, 1.54) is 22.9 Å². The third-order valence-corrected chi connectivity index (χ3v) is 5.58. The Hall–Kier alpha value is -0.600. The van der Waals surface area contributed by atoms with Gasteiger partial charge in [-0.3, -0.25) is 0 Å². The Labute approximate surface area is 124 Å². The number of allylic oxidation sites excluding steroid dienone is 2. The molecule has 0 heterocycles. The first kappa shape index (κ1) is 13.4. The van der Waals surface area contributed by atoms with Crippen LogP contribution in [-0.2, 0) is 0 Å². The lowest BCUT2D eigenvalue weighted by Crippen LogP contribution is -2.37. The molecule has 102 valence electrons. The van der Waals surface area contributed by atoms with E-state index in [0.29, 0.717) is 12.1 Å². The molecular weight excluding hydrogens is 298 g/mol. The second kappa shape index (κ2) is 5.41. The number of rotatable bonds is 4. The zero-order valence-electron chi connectivity index (χ0n) is 11.6. The van der Waals surface area contributed by atoms with Crippen molar-refractivity contribution in [3.05, 3.63) is 46.5 Å². The lowest BCUT2D eigenvalue weighted by Gasteiger charge is -2.29. The van der Waals surface area contributed by atoms with Crippen LogP contribution in [0.3, 0.4) is 0 Å². The highest BCUT2D eigenvalue weighted by atomic mass is 79.9. The van der Waals surface area contributed by atoms with Crippen molar-refractivity contribution in [2.75, 3.05) is 0 Å². The first-order chi connectivity index (χ1) is 9.15. The van der Waals surface area contributed by atoms with Crippen LogP contribution in [0.4, 0.5) is 0 Å². The number of nitrogens with one attached hydrogen (secondary N) is 1. The molecule has 1 saturated carbocycles. The van der Waals surface area contributed by atoms with E-state index in [0.717, 1.165) is 17.8 Å². The fraction of sp³-hybridized carbons (Fsp3) is 0.529. The van der Waals surface area contributed by atoms with Gasteiger partial charge in [-0.2, -0.15) is 0 Å². The van der Waals surface area contributed by atoms with Crippen LogP contribution in [0.1, 0.15) is 38.3 Å². The predicted octanol–water partition coefficient (Wildman–Crippen LogP) is 4.70. The minimum absolute atomic E-state index is 0.397. The van der Waals surface area contributed by atoms with Gasteiger partial charge in [0, 0.05) is 16.6 Å². The summed E-state index contributed by atoms with van der Waals surface area (Å²) in [5, 5.41) is 3.80. The van der Waals surface area contributed by atoms with Gasteiger partial charge in [0.15, 0.2) is 0 Å². The van der Waals surface area contributed by atoms with Gasteiger partial charge in [-0.15, -0.1) is 0 Å². The van der Waals surface area contributed by atoms with Gasteiger partial charge in [0.2, 0.25) is 0 Å². The molecule has 2 aliphatic rings. The molecule has 1 fully saturated rings. The highest BCUT2D eigenvalue weighted by molar-refractivity contribution is 9.10. The van der Waals surface area contributed by atoms with Crippen molar-refractivity contribution >= 4 is 15.9 Å². The molecule has 4 unspecified atom stereocenters. The third kappa shape index (κ3) is 2.66. The number of halogens is 1. The molecule has 0 saturated heterocycles. The number of benzene rings is 1. The van der Waals surface area contributed by atoms with Gasteiger partial charge in [0.25, 0.3) is 0 Å². The Bertz CT molecular complexity index is 482. The molecule has 0 amide bonds. The van der Waals surface area contributed by atoms with E-state index in [1.54, 1.807) is 0 Å². The van der Waals surface area contributed by atoms with E-state index in [4.69, 9.17) is 0 Å². The van der Waals surface area contributed by atoms with E-state index in [-0.39, 0.29) is 0 Å². The molecule has 0 aromatic heterocycles. The van der Waals surface area contributed by atoms with Crippen LogP contribution in [0.2, 0.25) is 0 Å². The summed E-state index contributed by atoms with van der Waals surface area (Å²) < 4.78 is 1.20. The Balaban J connectivity index is 1.65. The SMILES string of the molecule is CC(N[C@H](C)c1ccccc1Br)C1CC2C=CC1C2. The zero-order chi connectivity index (χ0) is 13.4. The number of hydrogen-bond donors (Lipinski definition) is 1. The number of fused-ring (bicyclic) bond motifs is 2. The van der Waals surface area contributed by atoms with Crippen LogP contribution in [0.15, 0.2) is 40.9 Å². The maximum Gasteiger partial charge on any atom is 0.0305 e. The summed E-state index contributed by atoms with van der Waals surface area (Å²) in [4.78, 5) is 0. The van der Waals surface area contributed by atoms with E-state index in [2.05, 4.69) is 71.5 Å². The summed E-state index contributed by atoms with van der Waals surface area (Å²) >= 11 is 3.65.